The van der Waals surface area contributed by atoms with Gasteiger partial charge in [0, 0.05) is 35.3 Å². The zero-order valence-corrected chi connectivity index (χ0v) is 20.2. The van der Waals surface area contributed by atoms with Crippen molar-refractivity contribution < 1.29 is 4.74 Å². The zero-order valence-electron chi connectivity index (χ0n) is 19.4. The number of hydrogen-bond acceptors (Lipinski definition) is 5. The monoisotopic (exact) mass is 461 g/mol. The third-order valence-corrected chi connectivity index (χ3v) is 6.00. The maximum Gasteiger partial charge on any atom is 0.332 e. The fourth-order valence-corrected chi connectivity index (χ4v) is 4.32. The first-order valence-corrected chi connectivity index (χ1v) is 11.8. The van der Waals surface area contributed by atoms with Crippen molar-refractivity contribution in [2.75, 3.05) is 18.1 Å². The smallest absolute Gasteiger partial charge is 0.332 e. The normalized spacial score (nSPS) is 11.5. The van der Waals surface area contributed by atoms with Gasteiger partial charge in [0.25, 0.3) is 5.56 Å². The van der Waals surface area contributed by atoms with E-state index in [2.05, 4.69) is 66.9 Å². The van der Waals surface area contributed by atoms with Gasteiger partial charge in [-0.3, -0.25) is 14.3 Å². The number of ether oxygens (including phenoxy) is 1. The number of rotatable bonds is 5. The van der Waals surface area contributed by atoms with E-state index in [1.807, 2.05) is 18.4 Å². The Morgan fingerprint density at radius 2 is 1.70 bits per heavy atom. The van der Waals surface area contributed by atoms with Crippen LogP contribution >= 0.6 is 11.9 Å². The van der Waals surface area contributed by atoms with Crippen LogP contribution in [0.3, 0.4) is 0 Å². The molecule has 0 aliphatic carbocycles. The predicted molar refractivity (Wildman–Crippen MR) is 138 cm³/mol. The standard InChI is InChI=1S/C26H27N3O3S/c1-26(2,3)22-15-20(29-11-10-23(30)27-25(29)31)14-21(24(22)32-4)18-7-6-17-13-19(28-33-5)9-8-16(17)12-18/h6-15,28H,1-5H3,(H,27,30,31). The van der Waals surface area contributed by atoms with E-state index in [1.54, 1.807) is 19.1 Å². The topological polar surface area (TPSA) is 76.1 Å². The van der Waals surface area contributed by atoms with Crippen LogP contribution in [-0.2, 0) is 5.41 Å². The Morgan fingerprint density at radius 1 is 0.970 bits per heavy atom. The second-order valence-electron chi connectivity index (χ2n) is 8.89. The molecule has 0 aliphatic rings. The Balaban J connectivity index is 1.97. The van der Waals surface area contributed by atoms with Crippen molar-refractivity contribution in [3.63, 3.8) is 0 Å². The molecule has 0 radical (unpaired) electrons. The lowest BCUT2D eigenvalue weighted by Gasteiger charge is -2.25. The van der Waals surface area contributed by atoms with Gasteiger partial charge in [-0.2, -0.15) is 0 Å². The molecule has 0 aliphatic heterocycles. The summed E-state index contributed by atoms with van der Waals surface area (Å²) in [6, 6.07) is 17.8. The molecule has 0 atom stereocenters. The number of nitrogens with zero attached hydrogens (tertiary/aromatic N) is 1. The van der Waals surface area contributed by atoms with Crippen molar-refractivity contribution in [1.29, 1.82) is 0 Å². The molecule has 0 bridgehead atoms. The summed E-state index contributed by atoms with van der Waals surface area (Å²) in [4.78, 5) is 26.5. The number of fused-ring (bicyclic) bond motifs is 1. The molecule has 4 aromatic rings. The minimum Gasteiger partial charge on any atom is -0.496 e. The molecule has 0 spiro atoms. The minimum atomic E-state index is -0.481. The lowest BCUT2D eigenvalue weighted by atomic mass is 9.83. The Morgan fingerprint density at radius 3 is 2.36 bits per heavy atom. The van der Waals surface area contributed by atoms with Crippen LogP contribution in [0.25, 0.3) is 27.6 Å². The van der Waals surface area contributed by atoms with E-state index in [1.165, 1.54) is 16.8 Å². The third-order valence-electron chi connectivity index (χ3n) is 5.56. The van der Waals surface area contributed by atoms with Crippen LogP contribution < -0.4 is 20.7 Å². The molecule has 4 rings (SSSR count). The largest absolute Gasteiger partial charge is 0.496 e. The predicted octanol–water partition coefficient (Wildman–Crippen LogP) is 5.34. The Hall–Kier alpha value is -3.45. The molecule has 3 aromatic carbocycles. The minimum absolute atomic E-state index is 0.239. The van der Waals surface area contributed by atoms with E-state index in [4.69, 9.17) is 4.74 Å². The highest BCUT2D eigenvalue weighted by Gasteiger charge is 2.24. The molecule has 0 fully saturated rings. The highest BCUT2D eigenvalue weighted by atomic mass is 32.2. The molecule has 2 N–H and O–H groups in total. The summed E-state index contributed by atoms with van der Waals surface area (Å²) in [5.74, 6) is 0.767. The highest BCUT2D eigenvalue weighted by Crippen LogP contribution is 2.41. The zero-order chi connectivity index (χ0) is 23.8. The van der Waals surface area contributed by atoms with Gasteiger partial charge < -0.3 is 9.46 Å². The molecule has 33 heavy (non-hydrogen) atoms. The van der Waals surface area contributed by atoms with Gasteiger partial charge >= 0.3 is 5.69 Å². The number of nitrogens with one attached hydrogen (secondary N) is 2. The SMILES string of the molecule is COc1c(-c2ccc3cc(NSC)ccc3c2)cc(-n2ccc(=O)[nH]c2=O)cc1C(C)(C)C. The molecule has 6 nitrogen and oxygen atoms in total. The first-order valence-electron chi connectivity index (χ1n) is 10.6. The van der Waals surface area contributed by atoms with Crippen molar-refractivity contribution in [2.24, 2.45) is 0 Å². The van der Waals surface area contributed by atoms with Gasteiger partial charge in [-0.05, 0) is 52.1 Å². The number of H-pyrrole nitrogens is 1. The third kappa shape index (κ3) is 4.54. The summed E-state index contributed by atoms with van der Waals surface area (Å²) in [7, 11) is 1.67. The van der Waals surface area contributed by atoms with E-state index in [9.17, 15) is 9.59 Å². The Bertz CT molecular complexity index is 1450. The number of benzene rings is 3. The van der Waals surface area contributed by atoms with Gasteiger partial charge in [0.2, 0.25) is 0 Å². The lowest BCUT2D eigenvalue weighted by molar-refractivity contribution is 0.399. The molecule has 0 unspecified atom stereocenters. The second-order valence-corrected chi connectivity index (χ2v) is 9.50. The van der Waals surface area contributed by atoms with Crippen molar-refractivity contribution >= 4 is 28.4 Å². The number of hydrogen-bond donors (Lipinski definition) is 2. The van der Waals surface area contributed by atoms with Crippen LogP contribution in [0, 0.1) is 0 Å². The number of aromatic nitrogens is 2. The van der Waals surface area contributed by atoms with E-state index in [-0.39, 0.29) is 5.41 Å². The summed E-state index contributed by atoms with van der Waals surface area (Å²) in [5, 5.41) is 2.23. The van der Waals surface area contributed by atoms with Crippen molar-refractivity contribution in [1.82, 2.24) is 9.55 Å². The molecule has 0 saturated heterocycles. The molecule has 0 amide bonds. The Kier molecular flexibility index (Phi) is 6.08. The number of methoxy groups -OCH3 is 1. The summed E-state index contributed by atoms with van der Waals surface area (Å²) >= 11 is 1.56. The van der Waals surface area contributed by atoms with E-state index in [0.717, 1.165) is 38.9 Å². The van der Waals surface area contributed by atoms with Crippen molar-refractivity contribution in [3.8, 4) is 22.6 Å². The average molecular weight is 462 g/mol. The van der Waals surface area contributed by atoms with Crippen LogP contribution in [0.4, 0.5) is 5.69 Å². The summed E-state index contributed by atoms with van der Waals surface area (Å²) in [5.41, 5.74) is 3.40. The van der Waals surface area contributed by atoms with Gasteiger partial charge in [0.15, 0.2) is 0 Å². The maximum atomic E-state index is 12.5. The van der Waals surface area contributed by atoms with Gasteiger partial charge in [0.1, 0.15) is 5.75 Å². The van der Waals surface area contributed by atoms with Crippen LogP contribution in [0.1, 0.15) is 26.3 Å². The summed E-state index contributed by atoms with van der Waals surface area (Å²) < 4.78 is 10.6. The molecule has 7 heteroatoms. The maximum absolute atomic E-state index is 12.5. The second kappa shape index (κ2) is 8.83. The molecule has 1 aromatic heterocycles. The molecule has 170 valence electrons. The number of anilines is 1. The van der Waals surface area contributed by atoms with Crippen molar-refractivity contribution in [2.45, 2.75) is 26.2 Å². The number of aromatic amines is 1. The van der Waals surface area contributed by atoms with E-state index < -0.39 is 11.2 Å². The van der Waals surface area contributed by atoms with Gasteiger partial charge in [-0.1, -0.05) is 50.9 Å². The summed E-state index contributed by atoms with van der Waals surface area (Å²) in [6.45, 7) is 6.32. The first kappa shape index (κ1) is 22.7. The average Bonchev–Trinajstić information content (AvgIpc) is 2.77. The van der Waals surface area contributed by atoms with E-state index >= 15 is 0 Å². The molecule has 1 heterocycles. The van der Waals surface area contributed by atoms with Gasteiger partial charge in [-0.15, -0.1) is 0 Å². The fraction of sp³-hybridized carbons (Fsp3) is 0.231. The lowest BCUT2D eigenvalue weighted by Crippen LogP contribution is -2.27. The van der Waals surface area contributed by atoms with Crippen molar-refractivity contribution in [3.05, 3.63) is 87.2 Å². The first-order chi connectivity index (χ1) is 15.7. The van der Waals surface area contributed by atoms with Crippen LogP contribution in [0.2, 0.25) is 0 Å². The van der Waals surface area contributed by atoms with Crippen LogP contribution in [0.15, 0.2) is 70.4 Å². The highest BCUT2D eigenvalue weighted by molar-refractivity contribution is 7.99. The Labute approximate surface area is 196 Å². The summed E-state index contributed by atoms with van der Waals surface area (Å²) in [6.07, 6.45) is 3.49. The fourth-order valence-electron chi connectivity index (χ4n) is 3.96. The van der Waals surface area contributed by atoms with Crippen LogP contribution in [-0.4, -0.2) is 22.9 Å². The van der Waals surface area contributed by atoms with Gasteiger partial charge in [-0.25, -0.2) is 4.79 Å². The molecular formula is C26H27N3O3S. The van der Waals surface area contributed by atoms with Crippen LogP contribution in [0.5, 0.6) is 5.75 Å². The van der Waals surface area contributed by atoms with E-state index in [0.29, 0.717) is 5.69 Å². The molecule has 0 saturated carbocycles. The quantitative estimate of drug-likeness (QED) is 0.392. The van der Waals surface area contributed by atoms with Gasteiger partial charge in [0.05, 0.1) is 12.8 Å². The molecular weight excluding hydrogens is 434 g/mol.